The SMILES string of the molecule is Cc1nnc(CN=C(NCC2CCCO2)NCC2(CC(C)C)CCC2)n1C.I. The first-order chi connectivity index (χ1) is 13.0. The number of nitrogens with one attached hydrogen (secondary N) is 2. The van der Waals surface area contributed by atoms with Gasteiger partial charge in [0.25, 0.3) is 0 Å². The lowest BCUT2D eigenvalue weighted by Crippen LogP contribution is -2.48. The van der Waals surface area contributed by atoms with Gasteiger partial charge >= 0.3 is 0 Å². The molecule has 0 aromatic carbocycles. The highest BCUT2D eigenvalue weighted by molar-refractivity contribution is 14.0. The van der Waals surface area contributed by atoms with Gasteiger partial charge in [-0.1, -0.05) is 20.3 Å². The van der Waals surface area contributed by atoms with Gasteiger partial charge in [0.15, 0.2) is 11.8 Å². The van der Waals surface area contributed by atoms with Crippen LogP contribution in [0.15, 0.2) is 4.99 Å². The van der Waals surface area contributed by atoms with Crippen LogP contribution in [0.2, 0.25) is 0 Å². The molecule has 0 amide bonds. The van der Waals surface area contributed by atoms with Crippen LogP contribution < -0.4 is 10.6 Å². The molecule has 1 atom stereocenters. The Morgan fingerprint density at radius 3 is 2.61 bits per heavy atom. The van der Waals surface area contributed by atoms with Crippen molar-refractivity contribution in [3.05, 3.63) is 11.6 Å². The van der Waals surface area contributed by atoms with Crippen molar-refractivity contribution in [2.45, 2.75) is 71.9 Å². The molecular weight excluding hydrogens is 467 g/mol. The monoisotopic (exact) mass is 504 g/mol. The Morgan fingerprint density at radius 2 is 2.07 bits per heavy atom. The van der Waals surface area contributed by atoms with Crippen molar-refractivity contribution in [2.75, 3.05) is 19.7 Å². The molecule has 1 aromatic heterocycles. The number of rotatable bonds is 8. The first-order valence-electron chi connectivity index (χ1n) is 10.5. The quantitative estimate of drug-likeness (QED) is 0.323. The van der Waals surface area contributed by atoms with Gasteiger partial charge in [-0.3, -0.25) is 0 Å². The highest BCUT2D eigenvalue weighted by atomic mass is 127. The molecule has 28 heavy (non-hydrogen) atoms. The molecule has 8 heteroatoms. The molecule has 0 radical (unpaired) electrons. The first kappa shape index (κ1) is 23.4. The number of aromatic nitrogens is 3. The molecule has 0 bridgehead atoms. The Balaban J connectivity index is 0.00000280. The molecule has 0 spiro atoms. The Bertz CT molecular complexity index is 635. The highest BCUT2D eigenvalue weighted by Gasteiger charge is 2.37. The second kappa shape index (κ2) is 10.8. The lowest BCUT2D eigenvalue weighted by molar-refractivity contribution is 0.103. The number of guanidine groups is 1. The van der Waals surface area contributed by atoms with E-state index >= 15 is 0 Å². The van der Waals surface area contributed by atoms with E-state index in [1.165, 1.54) is 25.7 Å². The van der Waals surface area contributed by atoms with Crippen LogP contribution in [0.3, 0.4) is 0 Å². The molecule has 2 fully saturated rings. The second-order valence-corrected chi connectivity index (χ2v) is 8.71. The largest absolute Gasteiger partial charge is 0.376 e. The van der Waals surface area contributed by atoms with Crippen LogP contribution in [0.5, 0.6) is 0 Å². The van der Waals surface area contributed by atoms with Crippen molar-refractivity contribution < 1.29 is 4.74 Å². The lowest BCUT2D eigenvalue weighted by atomic mass is 9.64. The topological polar surface area (TPSA) is 76.4 Å². The number of hydrogen-bond donors (Lipinski definition) is 2. The van der Waals surface area contributed by atoms with Gasteiger partial charge < -0.3 is 19.9 Å². The van der Waals surface area contributed by atoms with Crippen LogP contribution in [-0.4, -0.2) is 46.5 Å². The fourth-order valence-corrected chi connectivity index (χ4v) is 4.20. The summed E-state index contributed by atoms with van der Waals surface area (Å²) in [5.41, 5.74) is 0.432. The molecule has 1 aliphatic heterocycles. The van der Waals surface area contributed by atoms with Crippen LogP contribution in [0, 0.1) is 18.3 Å². The summed E-state index contributed by atoms with van der Waals surface area (Å²) in [7, 11) is 1.99. The zero-order valence-electron chi connectivity index (χ0n) is 17.8. The van der Waals surface area contributed by atoms with E-state index < -0.39 is 0 Å². The standard InChI is InChI=1S/C20H36N6O.HI/c1-15(2)11-20(8-6-9-20)14-23-19(21-12-17-7-5-10-27-17)22-13-18-25-24-16(3)26(18)4;/h15,17H,5-14H2,1-4H3,(H2,21,22,23);1H. The molecule has 1 aromatic rings. The molecular formula is C20H37IN6O. The van der Waals surface area contributed by atoms with E-state index in [0.29, 0.717) is 18.1 Å². The van der Waals surface area contributed by atoms with E-state index in [2.05, 4.69) is 34.7 Å². The van der Waals surface area contributed by atoms with Crippen molar-refractivity contribution in [1.29, 1.82) is 0 Å². The average molecular weight is 504 g/mol. The molecule has 160 valence electrons. The number of hydrogen-bond acceptors (Lipinski definition) is 4. The highest BCUT2D eigenvalue weighted by Crippen LogP contribution is 2.45. The van der Waals surface area contributed by atoms with Gasteiger partial charge in [-0.25, -0.2) is 4.99 Å². The zero-order valence-corrected chi connectivity index (χ0v) is 20.2. The summed E-state index contributed by atoms with van der Waals surface area (Å²) in [6, 6.07) is 0. The smallest absolute Gasteiger partial charge is 0.191 e. The van der Waals surface area contributed by atoms with Crippen LogP contribution in [0.4, 0.5) is 0 Å². The van der Waals surface area contributed by atoms with Gasteiger partial charge in [0.2, 0.25) is 0 Å². The maximum atomic E-state index is 5.75. The average Bonchev–Trinajstić information content (AvgIpc) is 3.23. The van der Waals surface area contributed by atoms with E-state index in [1.54, 1.807) is 0 Å². The third kappa shape index (κ3) is 6.30. The molecule has 7 nitrogen and oxygen atoms in total. The summed E-state index contributed by atoms with van der Waals surface area (Å²) in [4.78, 5) is 4.79. The number of ether oxygens (including phenoxy) is 1. The minimum atomic E-state index is 0. The van der Waals surface area contributed by atoms with Crippen LogP contribution in [0.25, 0.3) is 0 Å². The lowest BCUT2D eigenvalue weighted by Gasteiger charge is -2.43. The van der Waals surface area contributed by atoms with Crippen molar-refractivity contribution in [1.82, 2.24) is 25.4 Å². The minimum absolute atomic E-state index is 0. The maximum Gasteiger partial charge on any atom is 0.191 e. The fraction of sp³-hybridized carbons (Fsp3) is 0.850. The van der Waals surface area contributed by atoms with Crippen LogP contribution >= 0.6 is 24.0 Å². The predicted molar refractivity (Wildman–Crippen MR) is 123 cm³/mol. The summed E-state index contributed by atoms with van der Waals surface area (Å²) in [5, 5.41) is 15.5. The normalized spacial score (nSPS) is 21.3. The number of halogens is 1. The van der Waals surface area contributed by atoms with Crippen molar-refractivity contribution in [3.8, 4) is 0 Å². The number of aryl methyl sites for hydroxylation is 1. The van der Waals surface area contributed by atoms with Gasteiger partial charge in [0.1, 0.15) is 12.4 Å². The molecule has 2 heterocycles. The van der Waals surface area contributed by atoms with E-state index in [1.807, 2.05) is 18.5 Å². The molecule has 1 unspecified atom stereocenters. The number of nitrogens with zero attached hydrogens (tertiary/aromatic N) is 4. The minimum Gasteiger partial charge on any atom is -0.376 e. The third-order valence-corrected chi connectivity index (χ3v) is 5.97. The molecule has 1 aliphatic carbocycles. The summed E-state index contributed by atoms with van der Waals surface area (Å²) in [5.74, 6) is 3.38. The Labute approximate surface area is 186 Å². The van der Waals surface area contributed by atoms with Gasteiger partial charge in [-0.15, -0.1) is 34.2 Å². The van der Waals surface area contributed by atoms with E-state index in [0.717, 1.165) is 56.1 Å². The summed E-state index contributed by atoms with van der Waals surface area (Å²) in [6.07, 6.45) is 7.84. The molecule has 1 saturated carbocycles. The van der Waals surface area contributed by atoms with E-state index in [9.17, 15) is 0 Å². The zero-order chi connectivity index (χ0) is 19.3. The van der Waals surface area contributed by atoms with Crippen LogP contribution in [-0.2, 0) is 18.3 Å². The number of aliphatic imine (C=N–C) groups is 1. The van der Waals surface area contributed by atoms with Crippen LogP contribution in [0.1, 0.15) is 64.0 Å². The second-order valence-electron chi connectivity index (χ2n) is 8.71. The summed E-state index contributed by atoms with van der Waals surface area (Å²) < 4.78 is 7.74. The van der Waals surface area contributed by atoms with Crippen molar-refractivity contribution >= 4 is 29.9 Å². The fourth-order valence-electron chi connectivity index (χ4n) is 4.20. The van der Waals surface area contributed by atoms with Crippen molar-refractivity contribution in [2.24, 2.45) is 23.4 Å². The molecule has 3 rings (SSSR count). The van der Waals surface area contributed by atoms with Crippen molar-refractivity contribution in [3.63, 3.8) is 0 Å². The Morgan fingerprint density at radius 1 is 1.29 bits per heavy atom. The van der Waals surface area contributed by atoms with E-state index in [-0.39, 0.29) is 24.0 Å². The van der Waals surface area contributed by atoms with E-state index in [4.69, 9.17) is 9.73 Å². The summed E-state index contributed by atoms with van der Waals surface area (Å²) >= 11 is 0. The Kier molecular flexibility index (Phi) is 8.98. The predicted octanol–water partition coefficient (Wildman–Crippen LogP) is 3.17. The molecule has 2 N–H and O–H groups in total. The summed E-state index contributed by atoms with van der Waals surface area (Å²) in [6.45, 7) is 9.79. The first-order valence-corrected chi connectivity index (χ1v) is 10.5. The van der Waals surface area contributed by atoms with Gasteiger partial charge in [-0.2, -0.15) is 0 Å². The molecule has 1 saturated heterocycles. The van der Waals surface area contributed by atoms with Gasteiger partial charge in [-0.05, 0) is 50.4 Å². The van der Waals surface area contributed by atoms with Gasteiger partial charge in [0.05, 0.1) is 6.10 Å². The van der Waals surface area contributed by atoms with Gasteiger partial charge in [0, 0.05) is 26.7 Å². The Hall–Kier alpha value is -0.900. The maximum absolute atomic E-state index is 5.75. The molecule has 2 aliphatic rings. The third-order valence-electron chi connectivity index (χ3n) is 5.97.